The fraction of sp³-hybridized carbons (Fsp3) is 0.818. The van der Waals surface area contributed by atoms with E-state index in [2.05, 4.69) is 69.4 Å². The first-order chi connectivity index (χ1) is 29.6. The lowest BCUT2D eigenvalue weighted by Crippen LogP contribution is -2.30. The Labute approximate surface area is 373 Å². The van der Waals surface area contributed by atoms with Crippen molar-refractivity contribution in [2.75, 3.05) is 19.8 Å². The molecular weight excluding hydrogens is 741 g/mol. The van der Waals surface area contributed by atoms with Crippen molar-refractivity contribution in [2.24, 2.45) is 0 Å². The number of hydrogen-bond acceptors (Lipinski definition) is 5. The van der Waals surface area contributed by atoms with Crippen LogP contribution in [0.15, 0.2) is 48.6 Å². The fourth-order valence-electron chi connectivity index (χ4n) is 7.50. The summed E-state index contributed by atoms with van der Waals surface area (Å²) in [4.78, 5) is 25.4. The summed E-state index contributed by atoms with van der Waals surface area (Å²) < 4.78 is 17.4. The molecule has 5 heteroatoms. The van der Waals surface area contributed by atoms with Crippen molar-refractivity contribution < 1.29 is 23.8 Å². The lowest BCUT2D eigenvalue weighted by molar-refractivity contribution is -0.163. The third-order valence-electron chi connectivity index (χ3n) is 11.4. The average molecular weight is 841 g/mol. The third-order valence-corrected chi connectivity index (χ3v) is 11.4. The van der Waals surface area contributed by atoms with Gasteiger partial charge in [0, 0.05) is 19.4 Å². The average Bonchev–Trinajstić information content (AvgIpc) is 3.25. The first-order valence-corrected chi connectivity index (χ1v) is 26.2. The number of allylic oxidation sites excluding steroid dienone is 8. The molecule has 0 bridgehead atoms. The van der Waals surface area contributed by atoms with Crippen LogP contribution in [0, 0.1) is 0 Å². The van der Waals surface area contributed by atoms with Gasteiger partial charge in [-0.1, -0.05) is 243 Å². The molecule has 0 saturated heterocycles. The Kier molecular flexibility index (Phi) is 49.4. The second-order valence-electron chi connectivity index (χ2n) is 17.4. The zero-order valence-electron chi connectivity index (χ0n) is 40.2. The van der Waals surface area contributed by atoms with E-state index in [-0.39, 0.29) is 25.2 Å². The van der Waals surface area contributed by atoms with Crippen molar-refractivity contribution in [3.8, 4) is 0 Å². The van der Waals surface area contributed by atoms with Crippen LogP contribution >= 0.6 is 0 Å². The van der Waals surface area contributed by atoms with Gasteiger partial charge in [-0.25, -0.2) is 0 Å². The highest BCUT2D eigenvalue weighted by Gasteiger charge is 2.17. The number of unbranched alkanes of at least 4 members (excludes halogenated alkanes) is 29. The maximum Gasteiger partial charge on any atom is 0.306 e. The number of carbonyl (C=O) groups excluding carboxylic acids is 2. The van der Waals surface area contributed by atoms with E-state index < -0.39 is 6.10 Å². The van der Waals surface area contributed by atoms with E-state index in [0.717, 1.165) is 70.6 Å². The van der Waals surface area contributed by atoms with Gasteiger partial charge in [0.25, 0.3) is 0 Å². The summed E-state index contributed by atoms with van der Waals surface area (Å²) >= 11 is 0. The van der Waals surface area contributed by atoms with Gasteiger partial charge >= 0.3 is 11.9 Å². The Morgan fingerprint density at radius 1 is 0.383 bits per heavy atom. The molecular formula is C55H100O5. The van der Waals surface area contributed by atoms with E-state index in [0.29, 0.717) is 19.4 Å². The molecule has 0 N–H and O–H groups in total. The van der Waals surface area contributed by atoms with E-state index in [1.54, 1.807) is 0 Å². The number of rotatable bonds is 48. The summed E-state index contributed by atoms with van der Waals surface area (Å²) in [5.41, 5.74) is 0. The highest BCUT2D eigenvalue weighted by molar-refractivity contribution is 5.70. The smallest absolute Gasteiger partial charge is 0.306 e. The number of carbonyl (C=O) groups is 2. The lowest BCUT2D eigenvalue weighted by Gasteiger charge is -2.18. The minimum atomic E-state index is -0.540. The molecule has 0 heterocycles. The van der Waals surface area contributed by atoms with Crippen molar-refractivity contribution >= 4 is 11.9 Å². The topological polar surface area (TPSA) is 61.8 Å². The van der Waals surface area contributed by atoms with Gasteiger partial charge in [-0.2, -0.15) is 0 Å². The molecule has 0 saturated carbocycles. The van der Waals surface area contributed by atoms with Crippen LogP contribution in [0.25, 0.3) is 0 Å². The van der Waals surface area contributed by atoms with Crippen LogP contribution in [-0.4, -0.2) is 37.9 Å². The van der Waals surface area contributed by atoms with Crippen LogP contribution in [0.1, 0.15) is 265 Å². The molecule has 0 aromatic rings. The summed E-state index contributed by atoms with van der Waals surface area (Å²) in [6.07, 6.45) is 62.6. The molecule has 0 fully saturated rings. The minimum Gasteiger partial charge on any atom is -0.462 e. The van der Waals surface area contributed by atoms with Gasteiger partial charge in [-0.15, -0.1) is 0 Å². The Bertz CT molecular complexity index is 997. The highest BCUT2D eigenvalue weighted by Crippen LogP contribution is 2.16. The Balaban J connectivity index is 4.24. The molecule has 60 heavy (non-hydrogen) atoms. The molecule has 0 amide bonds. The van der Waals surface area contributed by atoms with E-state index in [1.807, 2.05) is 0 Å². The molecule has 1 atom stereocenters. The quantitative estimate of drug-likeness (QED) is 0.0347. The van der Waals surface area contributed by atoms with Crippen LogP contribution in [-0.2, 0) is 23.8 Å². The predicted octanol–water partition coefficient (Wildman–Crippen LogP) is 17.6. The zero-order chi connectivity index (χ0) is 43.5. The SMILES string of the molecule is CC/C=C\C/C=C\C/C=C\C/C=C\CCCCCCCOCC(COC(=O)CCCCCCCCCCCCCCCCC)OC(=O)CCCCCCCCCCCCC. The lowest BCUT2D eigenvalue weighted by atomic mass is 10.0. The molecule has 350 valence electrons. The van der Waals surface area contributed by atoms with Crippen molar-refractivity contribution in [3.05, 3.63) is 48.6 Å². The maximum atomic E-state index is 12.8. The molecule has 0 radical (unpaired) electrons. The molecule has 0 rings (SSSR count). The molecule has 0 aromatic heterocycles. The van der Waals surface area contributed by atoms with Gasteiger partial charge in [0.15, 0.2) is 6.10 Å². The van der Waals surface area contributed by atoms with Crippen LogP contribution in [0.5, 0.6) is 0 Å². The Morgan fingerprint density at radius 3 is 1.20 bits per heavy atom. The standard InChI is InChI=1S/C55H100O5/c1-4-7-10-13-16-19-22-24-26-27-28-30-32-35-38-41-44-47-50-58-51-53(60-55(57)49-46-43-40-37-33-21-18-15-12-9-6-3)52-59-54(56)48-45-42-39-36-34-31-29-25-23-20-17-14-11-8-5-2/h7,10,16,19,24,26,28,30,53H,4-6,8-9,11-15,17-18,20-23,25,27,29,31-52H2,1-3H3/b10-7-,19-16-,26-24-,30-28-. The van der Waals surface area contributed by atoms with Gasteiger partial charge in [-0.3, -0.25) is 9.59 Å². The second-order valence-corrected chi connectivity index (χ2v) is 17.4. The van der Waals surface area contributed by atoms with Crippen LogP contribution in [0.2, 0.25) is 0 Å². The van der Waals surface area contributed by atoms with Crippen molar-refractivity contribution in [1.29, 1.82) is 0 Å². The van der Waals surface area contributed by atoms with Crippen molar-refractivity contribution in [1.82, 2.24) is 0 Å². The monoisotopic (exact) mass is 841 g/mol. The molecule has 0 aliphatic carbocycles. The summed E-state index contributed by atoms with van der Waals surface area (Å²) in [6.45, 7) is 7.71. The van der Waals surface area contributed by atoms with Gasteiger partial charge in [-0.05, 0) is 57.8 Å². The molecule has 0 aliphatic rings. The summed E-state index contributed by atoms with van der Waals surface area (Å²) in [5.74, 6) is -0.396. The number of ether oxygens (including phenoxy) is 3. The Hall–Kier alpha value is -2.14. The van der Waals surface area contributed by atoms with Crippen molar-refractivity contribution in [3.63, 3.8) is 0 Å². The molecule has 1 unspecified atom stereocenters. The highest BCUT2D eigenvalue weighted by atomic mass is 16.6. The van der Waals surface area contributed by atoms with Gasteiger partial charge in [0.05, 0.1) is 6.61 Å². The van der Waals surface area contributed by atoms with Gasteiger partial charge < -0.3 is 14.2 Å². The van der Waals surface area contributed by atoms with E-state index in [4.69, 9.17) is 14.2 Å². The zero-order valence-corrected chi connectivity index (χ0v) is 40.2. The largest absolute Gasteiger partial charge is 0.462 e. The predicted molar refractivity (Wildman–Crippen MR) is 261 cm³/mol. The molecule has 5 nitrogen and oxygen atoms in total. The maximum absolute atomic E-state index is 12.8. The van der Waals surface area contributed by atoms with Gasteiger partial charge in [0.2, 0.25) is 0 Å². The molecule has 0 aliphatic heterocycles. The number of esters is 2. The minimum absolute atomic E-state index is 0.0822. The second kappa shape index (κ2) is 51.2. The summed E-state index contributed by atoms with van der Waals surface area (Å²) in [7, 11) is 0. The first-order valence-electron chi connectivity index (χ1n) is 26.2. The third kappa shape index (κ3) is 48.5. The summed E-state index contributed by atoms with van der Waals surface area (Å²) in [6, 6.07) is 0. The van der Waals surface area contributed by atoms with Crippen LogP contribution in [0.3, 0.4) is 0 Å². The first kappa shape index (κ1) is 57.9. The van der Waals surface area contributed by atoms with E-state index >= 15 is 0 Å². The van der Waals surface area contributed by atoms with Crippen molar-refractivity contribution in [2.45, 2.75) is 271 Å². The van der Waals surface area contributed by atoms with E-state index in [9.17, 15) is 9.59 Å². The van der Waals surface area contributed by atoms with E-state index in [1.165, 1.54) is 161 Å². The van der Waals surface area contributed by atoms with Crippen LogP contribution in [0.4, 0.5) is 0 Å². The van der Waals surface area contributed by atoms with Crippen LogP contribution < -0.4 is 0 Å². The van der Waals surface area contributed by atoms with Gasteiger partial charge in [0.1, 0.15) is 6.61 Å². The molecule has 0 spiro atoms. The fourth-order valence-corrected chi connectivity index (χ4v) is 7.50. The molecule has 0 aromatic carbocycles. The number of hydrogen-bond donors (Lipinski definition) is 0. The normalized spacial score (nSPS) is 12.5. The Morgan fingerprint density at radius 2 is 0.750 bits per heavy atom. The summed E-state index contributed by atoms with van der Waals surface area (Å²) in [5, 5.41) is 0.